The van der Waals surface area contributed by atoms with Gasteiger partial charge in [0.2, 0.25) is 11.8 Å². The predicted molar refractivity (Wildman–Crippen MR) is 70.0 cm³/mol. The van der Waals surface area contributed by atoms with Gasteiger partial charge in [0, 0.05) is 25.7 Å². The number of piperidine rings is 1. The SMILES string of the molecule is CC(=O)N1CCC[C@@H](C(=O)Nc2cccc(F)c2)C1. The molecule has 5 heteroatoms. The number of halogens is 1. The van der Waals surface area contributed by atoms with E-state index in [0.29, 0.717) is 18.8 Å². The molecule has 19 heavy (non-hydrogen) atoms. The minimum absolute atomic E-state index is 0.0109. The van der Waals surface area contributed by atoms with E-state index in [1.165, 1.54) is 19.1 Å². The quantitative estimate of drug-likeness (QED) is 0.888. The molecule has 4 nitrogen and oxygen atoms in total. The third kappa shape index (κ3) is 3.53. The average molecular weight is 264 g/mol. The van der Waals surface area contributed by atoms with Crippen LogP contribution in [-0.2, 0) is 9.59 Å². The first-order valence-electron chi connectivity index (χ1n) is 6.38. The lowest BCUT2D eigenvalue weighted by Crippen LogP contribution is -2.42. The Kier molecular flexibility index (Phi) is 4.14. The van der Waals surface area contributed by atoms with E-state index in [1.807, 2.05) is 0 Å². The number of hydrogen-bond acceptors (Lipinski definition) is 2. The van der Waals surface area contributed by atoms with Crippen LogP contribution in [0, 0.1) is 11.7 Å². The van der Waals surface area contributed by atoms with Crippen LogP contribution in [0.15, 0.2) is 24.3 Å². The van der Waals surface area contributed by atoms with Crippen molar-refractivity contribution in [2.45, 2.75) is 19.8 Å². The average Bonchev–Trinajstić information content (AvgIpc) is 2.39. The third-order valence-electron chi connectivity index (χ3n) is 3.33. The lowest BCUT2D eigenvalue weighted by Gasteiger charge is -2.31. The van der Waals surface area contributed by atoms with Crippen LogP contribution in [0.2, 0.25) is 0 Å². The van der Waals surface area contributed by atoms with E-state index >= 15 is 0 Å². The number of benzene rings is 1. The maximum absolute atomic E-state index is 13.0. The van der Waals surface area contributed by atoms with Gasteiger partial charge in [0.25, 0.3) is 0 Å². The van der Waals surface area contributed by atoms with Gasteiger partial charge in [-0.05, 0) is 31.0 Å². The molecule has 1 fully saturated rings. The highest BCUT2D eigenvalue weighted by atomic mass is 19.1. The number of hydrogen-bond donors (Lipinski definition) is 1. The van der Waals surface area contributed by atoms with Gasteiger partial charge >= 0.3 is 0 Å². The van der Waals surface area contributed by atoms with Crippen molar-refractivity contribution in [1.82, 2.24) is 4.90 Å². The van der Waals surface area contributed by atoms with E-state index in [2.05, 4.69) is 5.32 Å². The number of carbonyl (C=O) groups is 2. The molecule has 1 saturated heterocycles. The third-order valence-corrected chi connectivity index (χ3v) is 3.33. The second-order valence-corrected chi connectivity index (χ2v) is 4.80. The summed E-state index contributed by atoms with van der Waals surface area (Å²) in [5.41, 5.74) is 0.449. The molecule has 1 atom stereocenters. The molecule has 0 unspecified atom stereocenters. The van der Waals surface area contributed by atoms with Crippen LogP contribution in [0.25, 0.3) is 0 Å². The Balaban J connectivity index is 1.98. The molecule has 1 aromatic rings. The van der Waals surface area contributed by atoms with Crippen LogP contribution in [-0.4, -0.2) is 29.8 Å². The van der Waals surface area contributed by atoms with Gasteiger partial charge in [0.05, 0.1) is 5.92 Å². The number of amides is 2. The molecule has 2 rings (SSSR count). The van der Waals surface area contributed by atoms with Gasteiger partial charge in [0.15, 0.2) is 0 Å². The summed E-state index contributed by atoms with van der Waals surface area (Å²) in [6, 6.07) is 5.80. The van der Waals surface area contributed by atoms with Crippen LogP contribution in [0.1, 0.15) is 19.8 Å². The van der Waals surface area contributed by atoms with E-state index in [-0.39, 0.29) is 23.5 Å². The van der Waals surface area contributed by atoms with Gasteiger partial charge in [-0.25, -0.2) is 4.39 Å². The molecular formula is C14H17FN2O2. The predicted octanol–water partition coefficient (Wildman–Crippen LogP) is 2.02. The molecule has 0 radical (unpaired) electrons. The second-order valence-electron chi connectivity index (χ2n) is 4.80. The van der Waals surface area contributed by atoms with E-state index < -0.39 is 0 Å². The van der Waals surface area contributed by atoms with Crippen LogP contribution in [0.3, 0.4) is 0 Å². The van der Waals surface area contributed by atoms with Crippen molar-refractivity contribution >= 4 is 17.5 Å². The van der Waals surface area contributed by atoms with Crippen molar-refractivity contribution in [3.8, 4) is 0 Å². The monoisotopic (exact) mass is 264 g/mol. The van der Waals surface area contributed by atoms with E-state index in [0.717, 1.165) is 12.8 Å². The Labute approximate surface area is 111 Å². The summed E-state index contributed by atoms with van der Waals surface area (Å²) in [7, 11) is 0. The van der Waals surface area contributed by atoms with Crippen LogP contribution in [0.4, 0.5) is 10.1 Å². The number of nitrogens with one attached hydrogen (secondary N) is 1. The van der Waals surface area contributed by atoms with Gasteiger partial charge in [-0.3, -0.25) is 9.59 Å². The summed E-state index contributed by atoms with van der Waals surface area (Å²) in [6.07, 6.45) is 1.58. The minimum Gasteiger partial charge on any atom is -0.342 e. The molecule has 0 aliphatic carbocycles. The first kappa shape index (κ1) is 13.5. The van der Waals surface area contributed by atoms with Crippen LogP contribution < -0.4 is 5.32 Å². The van der Waals surface area contributed by atoms with Crippen LogP contribution in [0.5, 0.6) is 0 Å². The second kappa shape index (κ2) is 5.82. The van der Waals surface area contributed by atoms with Crippen molar-refractivity contribution in [2.75, 3.05) is 18.4 Å². The van der Waals surface area contributed by atoms with E-state index in [1.54, 1.807) is 17.0 Å². The van der Waals surface area contributed by atoms with E-state index in [4.69, 9.17) is 0 Å². The molecule has 1 aliphatic heterocycles. The lowest BCUT2D eigenvalue weighted by atomic mass is 9.97. The Hall–Kier alpha value is -1.91. The summed E-state index contributed by atoms with van der Waals surface area (Å²) < 4.78 is 13.0. The van der Waals surface area contributed by atoms with Gasteiger partial charge < -0.3 is 10.2 Å². The largest absolute Gasteiger partial charge is 0.342 e. The molecule has 0 aromatic heterocycles. The Bertz CT molecular complexity index is 490. The molecule has 102 valence electrons. The fraction of sp³-hybridized carbons (Fsp3) is 0.429. The fourth-order valence-electron chi connectivity index (χ4n) is 2.29. The molecule has 0 bridgehead atoms. The number of nitrogens with zero attached hydrogens (tertiary/aromatic N) is 1. The molecule has 2 amide bonds. The smallest absolute Gasteiger partial charge is 0.229 e. The molecule has 1 N–H and O–H groups in total. The fourth-order valence-corrected chi connectivity index (χ4v) is 2.29. The molecule has 1 aliphatic rings. The van der Waals surface area contributed by atoms with Gasteiger partial charge in [0.1, 0.15) is 5.82 Å². The molecule has 1 heterocycles. The highest BCUT2D eigenvalue weighted by Gasteiger charge is 2.26. The highest BCUT2D eigenvalue weighted by molar-refractivity contribution is 5.93. The first-order valence-corrected chi connectivity index (χ1v) is 6.38. The minimum atomic E-state index is -0.383. The standard InChI is InChI=1S/C14H17FN2O2/c1-10(18)17-7-3-4-11(9-17)14(19)16-13-6-2-5-12(15)8-13/h2,5-6,8,11H,3-4,7,9H2,1H3,(H,16,19)/t11-/m1/s1. The summed E-state index contributed by atoms with van der Waals surface area (Å²) in [5, 5.41) is 2.70. The molecule has 1 aromatic carbocycles. The molecule has 0 saturated carbocycles. The zero-order chi connectivity index (χ0) is 13.8. The summed E-state index contributed by atoms with van der Waals surface area (Å²) in [5.74, 6) is -0.771. The molecule has 0 spiro atoms. The van der Waals surface area contributed by atoms with Gasteiger partial charge in [-0.15, -0.1) is 0 Å². The summed E-state index contributed by atoms with van der Waals surface area (Å²) in [6.45, 7) is 2.66. The number of likely N-dealkylation sites (tertiary alicyclic amines) is 1. The van der Waals surface area contributed by atoms with Gasteiger partial charge in [-0.1, -0.05) is 6.07 Å². The van der Waals surface area contributed by atoms with Crippen molar-refractivity contribution in [2.24, 2.45) is 5.92 Å². The van der Waals surface area contributed by atoms with Gasteiger partial charge in [-0.2, -0.15) is 0 Å². The Morgan fingerprint density at radius 2 is 2.21 bits per heavy atom. The van der Waals surface area contributed by atoms with E-state index in [9.17, 15) is 14.0 Å². The zero-order valence-corrected chi connectivity index (χ0v) is 10.9. The van der Waals surface area contributed by atoms with Crippen molar-refractivity contribution in [3.63, 3.8) is 0 Å². The van der Waals surface area contributed by atoms with Crippen molar-refractivity contribution in [3.05, 3.63) is 30.1 Å². The molecular weight excluding hydrogens is 247 g/mol. The summed E-state index contributed by atoms with van der Waals surface area (Å²) >= 11 is 0. The highest BCUT2D eigenvalue weighted by Crippen LogP contribution is 2.19. The maximum atomic E-state index is 13.0. The van der Waals surface area contributed by atoms with Crippen molar-refractivity contribution < 1.29 is 14.0 Å². The Morgan fingerprint density at radius 1 is 1.42 bits per heavy atom. The zero-order valence-electron chi connectivity index (χ0n) is 10.9. The van der Waals surface area contributed by atoms with Crippen molar-refractivity contribution in [1.29, 1.82) is 0 Å². The lowest BCUT2D eigenvalue weighted by molar-refractivity contribution is -0.132. The van der Waals surface area contributed by atoms with Crippen LogP contribution >= 0.6 is 0 Å². The normalized spacial score (nSPS) is 19.1. The maximum Gasteiger partial charge on any atom is 0.229 e. The number of anilines is 1. The first-order chi connectivity index (χ1) is 9.06. The topological polar surface area (TPSA) is 49.4 Å². The Morgan fingerprint density at radius 3 is 2.89 bits per heavy atom. The summed E-state index contributed by atoms with van der Waals surface area (Å²) in [4.78, 5) is 25.1. The number of rotatable bonds is 2. The number of carbonyl (C=O) groups excluding carboxylic acids is 2.